The average molecular weight is 357 g/mol. The minimum atomic E-state index is -0.102. The van der Waals surface area contributed by atoms with Crippen molar-refractivity contribution in [2.24, 2.45) is 0 Å². The van der Waals surface area contributed by atoms with Crippen LogP contribution in [-0.4, -0.2) is 43.0 Å². The van der Waals surface area contributed by atoms with Gasteiger partial charge >= 0.3 is 6.03 Å². The third-order valence-corrected chi connectivity index (χ3v) is 5.85. The lowest BCUT2D eigenvalue weighted by atomic mass is 9.64. The first kappa shape index (κ1) is 18.7. The average Bonchev–Trinajstić information content (AvgIpc) is 2.83. The molecule has 5 nitrogen and oxygen atoms in total. The van der Waals surface area contributed by atoms with Gasteiger partial charge in [0.15, 0.2) is 0 Å². The minimum absolute atomic E-state index is 0.102. The molecule has 0 spiro atoms. The van der Waals surface area contributed by atoms with Crippen LogP contribution in [0.25, 0.3) is 0 Å². The molecule has 5 heteroatoms. The highest BCUT2D eigenvalue weighted by Crippen LogP contribution is 2.43. The van der Waals surface area contributed by atoms with Gasteiger partial charge in [-0.15, -0.1) is 0 Å². The van der Waals surface area contributed by atoms with Gasteiger partial charge in [-0.05, 0) is 37.7 Å². The van der Waals surface area contributed by atoms with Crippen molar-refractivity contribution in [1.29, 1.82) is 0 Å². The number of benzene rings is 1. The van der Waals surface area contributed by atoms with E-state index in [1.54, 1.807) is 0 Å². The number of carbonyl (C=O) groups excluding carboxylic acids is 2. The van der Waals surface area contributed by atoms with Gasteiger partial charge in [0.25, 0.3) is 0 Å². The van der Waals surface area contributed by atoms with E-state index in [1.165, 1.54) is 12.0 Å². The van der Waals surface area contributed by atoms with Crippen molar-refractivity contribution in [2.75, 3.05) is 26.2 Å². The maximum atomic E-state index is 12.1. The molecule has 26 heavy (non-hydrogen) atoms. The van der Waals surface area contributed by atoms with Gasteiger partial charge in [0.05, 0.1) is 0 Å². The van der Waals surface area contributed by atoms with E-state index in [0.717, 1.165) is 51.6 Å². The molecule has 2 N–H and O–H groups in total. The van der Waals surface area contributed by atoms with Crippen LogP contribution in [0.4, 0.5) is 4.79 Å². The molecule has 1 aromatic carbocycles. The molecule has 0 bridgehead atoms. The number of urea groups is 1. The molecule has 0 aromatic heterocycles. The maximum Gasteiger partial charge on any atom is 0.314 e. The molecule has 1 aliphatic carbocycles. The fourth-order valence-electron chi connectivity index (χ4n) is 4.02. The van der Waals surface area contributed by atoms with Gasteiger partial charge in [-0.3, -0.25) is 4.79 Å². The second-order valence-corrected chi connectivity index (χ2v) is 7.65. The summed E-state index contributed by atoms with van der Waals surface area (Å²) in [5.41, 5.74) is 1.43. The van der Waals surface area contributed by atoms with Crippen molar-refractivity contribution >= 4 is 11.9 Å². The van der Waals surface area contributed by atoms with Crippen LogP contribution >= 0.6 is 0 Å². The molecule has 1 saturated carbocycles. The Labute approximate surface area is 156 Å². The molecule has 0 radical (unpaired) electrons. The van der Waals surface area contributed by atoms with Crippen LogP contribution in [0.1, 0.15) is 56.9 Å². The number of amides is 3. The zero-order valence-corrected chi connectivity index (χ0v) is 15.6. The molecule has 2 fully saturated rings. The molecule has 1 aliphatic heterocycles. The van der Waals surface area contributed by atoms with Crippen LogP contribution in [0.5, 0.6) is 0 Å². The molecule has 1 heterocycles. The van der Waals surface area contributed by atoms with Crippen molar-refractivity contribution in [2.45, 2.75) is 56.8 Å². The molecular formula is C21H31N3O2. The Morgan fingerprint density at radius 2 is 1.85 bits per heavy atom. The smallest absolute Gasteiger partial charge is 0.314 e. The van der Waals surface area contributed by atoms with Gasteiger partial charge in [-0.2, -0.15) is 0 Å². The normalized spacial score (nSPS) is 19.4. The monoisotopic (exact) mass is 357 g/mol. The SMILES string of the molecule is O=C(NCCCN1CCCCCC1=O)NCC1(c2ccccc2)CCC1. The molecule has 1 aromatic rings. The highest BCUT2D eigenvalue weighted by atomic mass is 16.2. The van der Waals surface area contributed by atoms with E-state index in [2.05, 4.69) is 34.9 Å². The Balaban J connectivity index is 1.36. The molecule has 3 rings (SSSR count). The molecule has 0 unspecified atom stereocenters. The topological polar surface area (TPSA) is 61.4 Å². The minimum Gasteiger partial charge on any atom is -0.343 e. The summed E-state index contributed by atoms with van der Waals surface area (Å²) in [6.07, 6.45) is 8.23. The summed E-state index contributed by atoms with van der Waals surface area (Å²) in [6, 6.07) is 10.4. The first-order valence-corrected chi connectivity index (χ1v) is 10.0. The summed E-state index contributed by atoms with van der Waals surface area (Å²) in [6.45, 7) is 2.90. The maximum absolute atomic E-state index is 12.1. The van der Waals surface area contributed by atoms with Gasteiger partial charge in [0, 0.05) is 38.0 Å². The Kier molecular flexibility index (Phi) is 6.53. The summed E-state index contributed by atoms with van der Waals surface area (Å²) in [4.78, 5) is 26.0. The van der Waals surface area contributed by atoms with Crippen LogP contribution < -0.4 is 10.6 Å². The van der Waals surface area contributed by atoms with E-state index in [4.69, 9.17) is 0 Å². The first-order chi connectivity index (χ1) is 12.7. The second-order valence-electron chi connectivity index (χ2n) is 7.65. The van der Waals surface area contributed by atoms with Crippen LogP contribution in [0.15, 0.2) is 30.3 Å². The third-order valence-electron chi connectivity index (χ3n) is 5.85. The summed E-state index contributed by atoms with van der Waals surface area (Å²) in [7, 11) is 0. The van der Waals surface area contributed by atoms with E-state index < -0.39 is 0 Å². The highest BCUT2D eigenvalue weighted by Gasteiger charge is 2.38. The Bertz CT molecular complexity index is 599. The predicted octanol–water partition coefficient (Wildman–Crippen LogP) is 3.20. The van der Waals surface area contributed by atoms with Gasteiger partial charge in [0.2, 0.25) is 5.91 Å². The van der Waals surface area contributed by atoms with E-state index in [-0.39, 0.29) is 17.4 Å². The Hall–Kier alpha value is -2.04. The molecular weight excluding hydrogens is 326 g/mol. The lowest BCUT2D eigenvalue weighted by molar-refractivity contribution is -0.130. The number of rotatable bonds is 7. The standard InChI is InChI=1S/C21H31N3O2/c25-19-11-5-2-6-15-24(19)16-8-14-22-20(26)23-17-21(12-7-13-21)18-9-3-1-4-10-18/h1,3-4,9-10H,2,5-8,11-17H2,(H2,22,23,26). The number of nitrogens with zero attached hydrogens (tertiary/aromatic N) is 1. The van der Waals surface area contributed by atoms with Crippen LogP contribution in [0.2, 0.25) is 0 Å². The predicted molar refractivity (Wildman–Crippen MR) is 103 cm³/mol. The first-order valence-electron chi connectivity index (χ1n) is 10.0. The number of hydrogen-bond donors (Lipinski definition) is 2. The van der Waals surface area contributed by atoms with Crippen molar-refractivity contribution in [1.82, 2.24) is 15.5 Å². The van der Waals surface area contributed by atoms with Gasteiger partial charge in [-0.25, -0.2) is 4.79 Å². The summed E-state index contributed by atoms with van der Waals surface area (Å²) >= 11 is 0. The Morgan fingerprint density at radius 3 is 2.58 bits per heavy atom. The molecule has 1 saturated heterocycles. The number of carbonyl (C=O) groups is 2. The lowest BCUT2D eigenvalue weighted by Crippen LogP contribution is -2.48. The molecule has 142 valence electrons. The van der Waals surface area contributed by atoms with Crippen molar-refractivity contribution in [3.63, 3.8) is 0 Å². The van der Waals surface area contributed by atoms with Crippen LogP contribution in [0, 0.1) is 0 Å². The fourth-order valence-corrected chi connectivity index (χ4v) is 4.02. The van der Waals surface area contributed by atoms with E-state index >= 15 is 0 Å². The lowest BCUT2D eigenvalue weighted by Gasteiger charge is -2.42. The van der Waals surface area contributed by atoms with Crippen molar-refractivity contribution in [3.8, 4) is 0 Å². The fraction of sp³-hybridized carbons (Fsp3) is 0.619. The number of likely N-dealkylation sites (tertiary alicyclic amines) is 1. The van der Waals surface area contributed by atoms with E-state index in [0.29, 0.717) is 19.5 Å². The van der Waals surface area contributed by atoms with Gasteiger partial charge in [0.1, 0.15) is 0 Å². The van der Waals surface area contributed by atoms with Gasteiger partial charge in [-0.1, -0.05) is 43.2 Å². The zero-order chi connectivity index (χ0) is 18.2. The number of nitrogens with one attached hydrogen (secondary N) is 2. The van der Waals surface area contributed by atoms with Crippen LogP contribution in [-0.2, 0) is 10.2 Å². The van der Waals surface area contributed by atoms with E-state index in [1.807, 2.05) is 11.0 Å². The van der Waals surface area contributed by atoms with Gasteiger partial charge < -0.3 is 15.5 Å². The quantitative estimate of drug-likeness (QED) is 0.736. The Morgan fingerprint density at radius 1 is 1.04 bits per heavy atom. The largest absolute Gasteiger partial charge is 0.343 e. The number of hydrogen-bond acceptors (Lipinski definition) is 2. The van der Waals surface area contributed by atoms with Crippen molar-refractivity contribution < 1.29 is 9.59 Å². The summed E-state index contributed by atoms with van der Waals surface area (Å²) in [5, 5.41) is 5.99. The molecule has 3 amide bonds. The molecule has 0 atom stereocenters. The summed E-state index contributed by atoms with van der Waals surface area (Å²) in [5.74, 6) is 0.265. The third kappa shape index (κ3) is 4.77. The highest BCUT2D eigenvalue weighted by molar-refractivity contribution is 5.76. The molecule has 2 aliphatic rings. The second kappa shape index (κ2) is 9.06. The zero-order valence-electron chi connectivity index (χ0n) is 15.6. The van der Waals surface area contributed by atoms with E-state index in [9.17, 15) is 9.59 Å². The van der Waals surface area contributed by atoms with Crippen molar-refractivity contribution in [3.05, 3.63) is 35.9 Å². The van der Waals surface area contributed by atoms with Crippen LogP contribution in [0.3, 0.4) is 0 Å². The summed E-state index contributed by atoms with van der Waals surface area (Å²) < 4.78 is 0.